The summed E-state index contributed by atoms with van der Waals surface area (Å²) in [6.45, 7) is 1.75. The summed E-state index contributed by atoms with van der Waals surface area (Å²) in [4.78, 5) is 14.6. The lowest BCUT2D eigenvalue weighted by Crippen LogP contribution is -2.23. The van der Waals surface area contributed by atoms with E-state index in [0.29, 0.717) is 46.6 Å². The number of para-hydroxylation sites is 2. The first-order valence-electron chi connectivity index (χ1n) is 9.31. The Morgan fingerprint density at radius 3 is 2.30 bits per heavy atom. The highest BCUT2D eigenvalue weighted by atomic mass is 35.5. The van der Waals surface area contributed by atoms with Gasteiger partial charge >= 0.3 is 0 Å². The van der Waals surface area contributed by atoms with Crippen LogP contribution < -0.4 is 11.1 Å². The van der Waals surface area contributed by atoms with Crippen LogP contribution in [-0.2, 0) is 13.1 Å². The number of amides is 1. The Morgan fingerprint density at radius 2 is 1.63 bits per heavy atom. The van der Waals surface area contributed by atoms with Crippen LogP contribution in [0.3, 0.4) is 0 Å². The molecule has 30 heavy (non-hydrogen) atoms. The number of anilines is 2. The first-order chi connectivity index (χ1) is 14.5. The van der Waals surface area contributed by atoms with Gasteiger partial charge < -0.3 is 11.1 Å². The molecule has 0 aromatic heterocycles. The predicted molar refractivity (Wildman–Crippen MR) is 125 cm³/mol. The van der Waals surface area contributed by atoms with Crippen LogP contribution in [0.5, 0.6) is 0 Å². The van der Waals surface area contributed by atoms with E-state index in [1.54, 1.807) is 30.3 Å². The van der Waals surface area contributed by atoms with Gasteiger partial charge in [0.25, 0.3) is 5.91 Å². The van der Waals surface area contributed by atoms with Gasteiger partial charge in [0.15, 0.2) is 0 Å². The number of nitrogens with zero attached hydrogens (tertiary/aromatic N) is 1. The topological polar surface area (TPSA) is 58.4 Å². The van der Waals surface area contributed by atoms with Crippen LogP contribution in [0.4, 0.5) is 11.4 Å². The van der Waals surface area contributed by atoms with Crippen molar-refractivity contribution in [2.24, 2.45) is 0 Å². The lowest BCUT2D eigenvalue weighted by atomic mass is 10.1. The Morgan fingerprint density at radius 1 is 0.967 bits per heavy atom. The van der Waals surface area contributed by atoms with Crippen LogP contribution in [0.25, 0.3) is 0 Å². The van der Waals surface area contributed by atoms with E-state index in [1.807, 2.05) is 36.4 Å². The molecule has 0 spiro atoms. The molecule has 3 rings (SSSR count). The third kappa shape index (κ3) is 5.77. The largest absolute Gasteiger partial charge is 0.397 e. The lowest BCUT2D eigenvalue weighted by molar-refractivity contribution is 0.102. The van der Waals surface area contributed by atoms with E-state index in [-0.39, 0.29) is 5.91 Å². The highest BCUT2D eigenvalue weighted by molar-refractivity contribution is 6.42. The number of rotatable bonds is 7. The van der Waals surface area contributed by atoms with Gasteiger partial charge in [-0.25, -0.2) is 0 Å². The van der Waals surface area contributed by atoms with Gasteiger partial charge in [0, 0.05) is 18.7 Å². The first kappa shape index (κ1) is 21.7. The second-order valence-corrected chi connectivity index (χ2v) is 7.65. The number of nitrogens with two attached hydrogens (primary N) is 1. The predicted octanol–water partition coefficient (Wildman–Crippen LogP) is 5.46. The smallest absolute Gasteiger partial charge is 0.255 e. The zero-order valence-electron chi connectivity index (χ0n) is 16.2. The minimum Gasteiger partial charge on any atom is -0.397 e. The van der Waals surface area contributed by atoms with Gasteiger partial charge in [-0.2, -0.15) is 0 Å². The van der Waals surface area contributed by atoms with Crippen LogP contribution in [0.1, 0.15) is 21.5 Å². The summed E-state index contributed by atoms with van der Waals surface area (Å²) < 4.78 is 0. The molecule has 0 radical (unpaired) electrons. The van der Waals surface area contributed by atoms with Crippen molar-refractivity contribution < 1.29 is 4.79 Å². The molecule has 0 saturated carbocycles. The Balaban J connectivity index is 1.66. The number of benzene rings is 3. The monoisotopic (exact) mass is 437 g/mol. The fourth-order valence-electron chi connectivity index (χ4n) is 3.02. The number of terminal acetylenes is 1. The van der Waals surface area contributed by atoms with E-state index >= 15 is 0 Å². The number of carbonyl (C=O) groups is 1. The highest BCUT2D eigenvalue weighted by Gasteiger charge is 2.10. The molecule has 0 fully saturated rings. The number of nitrogen functional groups attached to an aromatic ring is 1. The van der Waals surface area contributed by atoms with Crippen LogP contribution in [0.2, 0.25) is 10.0 Å². The Hall–Kier alpha value is -2.97. The Kier molecular flexibility index (Phi) is 7.37. The molecule has 0 heterocycles. The van der Waals surface area contributed by atoms with Gasteiger partial charge in [-0.3, -0.25) is 9.69 Å². The summed E-state index contributed by atoms with van der Waals surface area (Å²) in [7, 11) is 0. The normalized spacial score (nSPS) is 10.6. The van der Waals surface area contributed by atoms with Gasteiger partial charge in [-0.1, -0.05) is 59.5 Å². The summed E-state index contributed by atoms with van der Waals surface area (Å²) >= 11 is 12.1. The van der Waals surface area contributed by atoms with Gasteiger partial charge in [0.1, 0.15) is 0 Å². The second kappa shape index (κ2) is 10.2. The van der Waals surface area contributed by atoms with Crippen LogP contribution in [0.15, 0.2) is 66.7 Å². The molecule has 0 aliphatic rings. The molecule has 0 saturated heterocycles. The zero-order valence-corrected chi connectivity index (χ0v) is 17.8. The molecule has 3 N–H and O–H groups in total. The average molecular weight is 438 g/mol. The molecule has 4 nitrogen and oxygen atoms in total. The van der Waals surface area contributed by atoms with Crippen molar-refractivity contribution >= 4 is 40.5 Å². The van der Waals surface area contributed by atoms with Gasteiger partial charge in [0.2, 0.25) is 0 Å². The SMILES string of the molecule is C#CCN(Cc1ccc(C(=O)Nc2ccccc2N)cc1)Cc1ccc(Cl)c(Cl)c1. The van der Waals surface area contributed by atoms with E-state index in [1.165, 1.54) is 0 Å². The molecule has 6 heteroatoms. The molecule has 0 unspecified atom stereocenters. The maximum Gasteiger partial charge on any atom is 0.255 e. The number of nitrogens with one attached hydrogen (secondary N) is 1. The van der Waals surface area contributed by atoms with Crippen molar-refractivity contribution in [3.05, 3.63) is 93.5 Å². The zero-order chi connectivity index (χ0) is 21.5. The third-order valence-corrected chi connectivity index (χ3v) is 5.28. The fourth-order valence-corrected chi connectivity index (χ4v) is 3.34. The van der Waals surface area contributed by atoms with Gasteiger partial charge in [-0.05, 0) is 47.5 Å². The third-order valence-electron chi connectivity index (χ3n) is 4.54. The lowest BCUT2D eigenvalue weighted by Gasteiger charge is -2.20. The fraction of sp³-hybridized carbons (Fsp3) is 0.125. The minimum atomic E-state index is -0.212. The minimum absolute atomic E-state index is 0.212. The number of hydrogen-bond acceptors (Lipinski definition) is 3. The Bertz CT molecular complexity index is 1070. The van der Waals surface area contributed by atoms with E-state index in [4.69, 9.17) is 35.4 Å². The Labute approximate surface area is 186 Å². The molecule has 152 valence electrons. The molecule has 3 aromatic carbocycles. The van der Waals surface area contributed by atoms with Crippen molar-refractivity contribution in [3.63, 3.8) is 0 Å². The van der Waals surface area contributed by atoms with E-state index < -0.39 is 0 Å². The van der Waals surface area contributed by atoms with Crippen LogP contribution in [0, 0.1) is 12.3 Å². The molecular weight excluding hydrogens is 417 g/mol. The maximum atomic E-state index is 12.5. The van der Waals surface area contributed by atoms with Crippen molar-refractivity contribution in [2.45, 2.75) is 13.1 Å². The molecule has 0 aliphatic carbocycles. The summed E-state index contributed by atoms with van der Waals surface area (Å²) in [6, 6.07) is 20.1. The van der Waals surface area contributed by atoms with E-state index in [0.717, 1.165) is 11.1 Å². The quantitative estimate of drug-likeness (QED) is 0.380. The van der Waals surface area contributed by atoms with Gasteiger partial charge in [0.05, 0.1) is 28.0 Å². The summed E-state index contributed by atoms with van der Waals surface area (Å²) in [5.41, 5.74) is 9.61. The molecule has 0 atom stereocenters. The first-order valence-corrected chi connectivity index (χ1v) is 10.1. The van der Waals surface area contributed by atoms with Crippen molar-refractivity contribution in [1.29, 1.82) is 0 Å². The molecule has 0 bridgehead atoms. The summed E-state index contributed by atoms with van der Waals surface area (Å²) in [5.74, 6) is 2.48. The van der Waals surface area contributed by atoms with Gasteiger partial charge in [-0.15, -0.1) is 6.42 Å². The van der Waals surface area contributed by atoms with E-state index in [9.17, 15) is 4.79 Å². The van der Waals surface area contributed by atoms with E-state index in [2.05, 4.69) is 16.1 Å². The number of halogens is 2. The summed E-state index contributed by atoms with van der Waals surface area (Å²) in [5, 5.41) is 3.87. The summed E-state index contributed by atoms with van der Waals surface area (Å²) in [6.07, 6.45) is 5.54. The maximum absolute atomic E-state index is 12.5. The van der Waals surface area contributed by atoms with Crippen molar-refractivity contribution in [3.8, 4) is 12.3 Å². The molecule has 0 aliphatic heterocycles. The molecule has 3 aromatic rings. The standard InChI is InChI=1S/C24H21Cl2N3O/c1-2-13-29(16-18-9-12-20(25)21(26)14-18)15-17-7-10-19(11-8-17)24(30)28-23-6-4-3-5-22(23)27/h1,3-12,14H,13,15-16,27H2,(H,28,30). The number of hydrogen-bond donors (Lipinski definition) is 2. The number of carbonyl (C=O) groups excluding carboxylic acids is 1. The molecular formula is C24H21Cl2N3O. The highest BCUT2D eigenvalue weighted by Crippen LogP contribution is 2.24. The average Bonchev–Trinajstić information content (AvgIpc) is 2.73. The van der Waals surface area contributed by atoms with Crippen molar-refractivity contribution in [2.75, 3.05) is 17.6 Å². The van der Waals surface area contributed by atoms with Crippen molar-refractivity contribution in [1.82, 2.24) is 4.90 Å². The van der Waals surface area contributed by atoms with Crippen LogP contribution in [-0.4, -0.2) is 17.4 Å². The second-order valence-electron chi connectivity index (χ2n) is 6.84. The molecule has 1 amide bonds. The van der Waals surface area contributed by atoms with Crippen LogP contribution >= 0.6 is 23.2 Å².